The topological polar surface area (TPSA) is 38.8 Å². The minimum Gasteiger partial charge on any atom is -0.309 e. The Hall–Kier alpha value is -0.770. The molecule has 0 aliphatic rings. The summed E-state index contributed by atoms with van der Waals surface area (Å²) in [6.45, 7) is 2.46. The van der Waals surface area contributed by atoms with Crippen LogP contribution in [-0.4, -0.2) is 31.7 Å². The summed E-state index contributed by atoms with van der Waals surface area (Å²) >= 11 is 0. The first-order valence-electron chi connectivity index (χ1n) is 2.68. The lowest BCUT2D eigenvalue weighted by Gasteiger charge is -2.10. The maximum absolute atomic E-state index is 10.6. The van der Waals surface area contributed by atoms with Gasteiger partial charge in [-0.2, -0.15) is 4.89 Å². The molecule has 0 unspecified atom stereocenters. The van der Waals surface area contributed by atoms with E-state index in [1.807, 2.05) is 6.92 Å². The van der Waals surface area contributed by atoms with Crippen LogP contribution in [0.15, 0.2) is 0 Å². The molecule has 0 bridgehead atoms. The average Bonchev–Trinajstić information content (AvgIpc) is 1.87. The van der Waals surface area contributed by atoms with Crippen molar-refractivity contribution in [2.75, 3.05) is 20.7 Å². The van der Waals surface area contributed by atoms with Crippen molar-refractivity contribution in [1.29, 1.82) is 0 Å². The molecular weight excluding hydrogens is 122 g/mol. The van der Waals surface area contributed by atoms with E-state index in [9.17, 15) is 4.79 Å². The number of hydrogen-bond donors (Lipinski definition) is 0. The Kier molecular flexibility index (Phi) is 3.79. The third-order valence-corrected chi connectivity index (χ3v) is 0.941. The van der Waals surface area contributed by atoms with Gasteiger partial charge in [-0.15, -0.1) is 0 Å². The Morgan fingerprint density at radius 2 is 2.22 bits per heavy atom. The predicted octanol–water partition coefficient (Wildman–Crippen LogP) is 0.636. The molecule has 54 valence electrons. The van der Waals surface area contributed by atoms with Gasteiger partial charge in [0.15, 0.2) is 0 Å². The Bertz CT molecular complexity index is 94.2. The molecule has 0 aromatic heterocycles. The summed E-state index contributed by atoms with van der Waals surface area (Å²) in [5.74, 6) is 0. The van der Waals surface area contributed by atoms with Crippen molar-refractivity contribution in [3.63, 3.8) is 0 Å². The van der Waals surface area contributed by atoms with Crippen molar-refractivity contribution in [1.82, 2.24) is 4.90 Å². The largest absolute Gasteiger partial charge is 0.440 e. The van der Waals surface area contributed by atoms with Gasteiger partial charge in [-0.3, -0.25) is 4.89 Å². The van der Waals surface area contributed by atoms with Gasteiger partial charge in [0, 0.05) is 13.6 Å². The highest BCUT2D eigenvalue weighted by Gasteiger charge is 2.05. The van der Waals surface area contributed by atoms with Crippen molar-refractivity contribution in [2.24, 2.45) is 0 Å². The molecular formula is C5H11NO3. The summed E-state index contributed by atoms with van der Waals surface area (Å²) in [6, 6.07) is 0. The third-order valence-electron chi connectivity index (χ3n) is 0.941. The van der Waals surface area contributed by atoms with Crippen LogP contribution in [0.4, 0.5) is 4.79 Å². The fourth-order valence-corrected chi connectivity index (χ4v) is 0.264. The summed E-state index contributed by atoms with van der Waals surface area (Å²) in [6.07, 6.45) is -0.472. The summed E-state index contributed by atoms with van der Waals surface area (Å²) in [5, 5.41) is 0. The smallest absolute Gasteiger partial charge is 0.309 e. The van der Waals surface area contributed by atoms with Gasteiger partial charge in [0.05, 0.1) is 7.11 Å². The van der Waals surface area contributed by atoms with Gasteiger partial charge >= 0.3 is 6.09 Å². The fourth-order valence-electron chi connectivity index (χ4n) is 0.264. The van der Waals surface area contributed by atoms with Gasteiger partial charge in [-0.05, 0) is 6.92 Å². The van der Waals surface area contributed by atoms with Crippen LogP contribution in [-0.2, 0) is 9.78 Å². The lowest BCUT2D eigenvalue weighted by Crippen LogP contribution is -2.26. The molecule has 0 radical (unpaired) electrons. The van der Waals surface area contributed by atoms with Crippen LogP contribution >= 0.6 is 0 Å². The fraction of sp³-hybridized carbons (Fsp3) is 0.800. The summed E-state index contributed by atoms with van der Waals surface area (Å²) in [4.78, 5) is 20.3. The maximum Gasteiger partial charge on any atom is 0.440 e. The molecule has 0 atom stereocenters. The van der Waals surface area contributed by atoms with Crippen molar-refractivity contribution >= 4 is 6.09 Å². The minimum atomic E-state index is -0.472. The molecule has 0 aromatic rings. The van der Waals surface area contributed by atoms with Gasteiger partial charge < -0.3 is 4.90 Å². The second-order valence-electron chi connectivity index (χ2n) is 1.53. The lowest BCUT2D eigenvalue weighted by atomic mass is 10.7. The van der Waals surface area contributed by atoms with Crippen LogP contribution in [0.3, 0.4) is 0 Å². The van der Waals surface area contributed by atoms with Crippen molar-refractivity contribution in [3.8, 4) is 0 Å². The monoisotopic (exact) mass is 133 g/mol. The van der Waals surface area contributed by atoms with E-state index in [-0.39, 0.29) is 0 Å². The molecule has 4 heteroatoms. The van der Waals surface area contributed by atoms with Gasteiger partial charge in [-0.25, -0.2) is 4.79 Å². The van der Waals surface area contributed by atoms with E-state index >= 15 is 0 Å². The molecule has 1 amide bonds. The van der Waals surface area contributed by atoms with Crippen LogP contribution in [0, 0.1) is 0 Å². The summed E-state index contributed by atoms with van der Waals surface area (Å²) in [5.41, 5.74) is 0. The highest BCUT2D eigenvalue weighted by atomic mass is 17.2. The summed E-state index contributed by atoms with van der Waals surface area (Å²) < 4.78 is 0. The summed E-state index contributed by atoms with van der Waals surface area (Å²) in [7, 11) is 2.92. The molecule has 0 saturated carbocycles. The van der Waals surface area contributed by atoms with E-state index in [0.717, 1.165) is 0 Å². The van der Waals surface area contributed by atoms with Gasteiger partial charge in [0.25, 0.3) is 0 Å². The highest BCUT2D eigenvalue weighted by Crippen LogP contribution is 1.87. The van der Waals surface area contributed by atoms with Crippen LogP contribution in [0.25, 0.3) is 0 Å². The van der Waals surface area contributed by atoms with Crippen LogP contribution < -0.4 is 0 Å². The molecule has 0 heterocycles. The average molecular weight is 133 g/mol. The van der Waals surface area contributed by atoms with Crippen LogP contribution in [0.5, 0.6) is 0 Å². The third kappa shape index (κ3) is 2.92. The van der Waals surface area contributed by atoms with Crippen molar-refractivity contribution in [2.45, 2.75) is 6.92 Å². The zero-order chi connectivity index (χ0) is 7.28. The Balaban J connectivity index is 3.46. The zero-order valence-electron chi connectivity index (χ0n) is 5.88. The van der Waals surface area contributed by atoms with E-state index in [1.54, 1.807) is 7.05 Å². The van der Waals surface area contributed by atoms with Crippen LogP contribution in [0.2, 0.25) is 0 Å². The van der Waals surface area contributed by atoms with Crippen molar-refractivity contribution < 1.29 is 14.6 Å². The zero-order valence-corrected chi connectivity index (χ0v) is 5.88. The highest BCUT2D eigenvalue weighted by molar-refractivity contribution is 5.66. The molecule has 0 aliphatic carbocycles. The van der Waals surface area contributed by atoms with E-state index in [2.05, 4.69) is 9.78 Å². The molecule has 9 heavy (non-hydrogen) atoms. The van der Waals surface area contributed by atoms with E-state index in [0.29, 0.717) is 6.54 Å². The predicted molar refractivity (Wildman–Crippen MR) is 31.8 cm³/mol. The second kappa shape index (κ2) is 4.14. The first kappa shape index (κ1) is 8.23. The van der Waals surface area contributed by atoms with Crippen molar-refractivity contribution in [3.05, 3.63) is 0 Å². The first-order chi connectivity index (χ1) is 4.22. The maximum atomic E-state index is 10.6. The van der Waals surface area contributed by atoms with Gasteiger partial charge in [0.2, 0.25) is 0 Å². The SMILES string of the molecule is CCN(C)C(=O)OOC. The first-order valence-corrected chi connectivity index (χ1v) is 2.68. The number of amides is 1. The molecule has 0 saturated heterocycles. The number of hydrogen-bond acceptors (Lipinski definition) is 3. The van der Waals surface area contributed by atoms with Crippen LogP contribution in [0.1, 0.15) is 6.92 Å². The number of carbonyl (C=O) groups is 1. The minimum absolute atomic E-state index is 0.472. The van der Waals surface area contributed by atoms with E-state index < -0.39 is 6.09 Å². The van der Waals surface area contributed by atoms with Gasteiger partial charge in [0.1, 0.15) is 0 Å². The quantitative estimate of drug-likeness (QED) is 0.409. The molecule has 0 spiro atoms. The number of rotatable bonds is 2. The molecule has 4 nitrogen and oxygen atoms in total. The number of nitrogens with zero attached hydrogens (tertiary/aromatic N) is 1. The molecule has 0 fully saturated rings. The lowest BCUT2D eigenvalue weighted by molar-refractivity contribution is -0.220. The Morgan fingerprint density at radius 1 is 1.67 bits per heavy atom. The standard InChI is InChI=1S/C5H11NO3/c1-4-6(2)5(7)9-8-3/h4H2,1-3H3. The Labute approximate surface area is 54.3 Å². The molecule has 0 rings (SSSR count). The second-order valence-corrected chi connectivity index (χ2v) is 1.53. The molecule has 0 aliphatic heterocycles. The molecule has 0 N–H and O–H groups in total. The Morgan fingerprint density at radius 3 is 2.56 bits per heavy atom. The van der Waals surface area contributed by atoms with E-state index in [1.165, 1.54) is 12.0 Å². The number of carbonyl (C=O) groups excluding carboxylic acids is 1. The normalized spacial score (nSPS) is 8.78. The van der Waals surface area contributed by atoms with Gasteiger partial charge in [-0.1, -0.05) is 0 Å². The molecule has 0 aromatic carbocycles. The van der Waals surface area contributed by atoms with E-state index in [4.69, 9.17) is 0 Å².